The second kappa shape index (κ2) is 6.16. The molecule has 0 saturated carbocycles. The first-order valence-corrected chi connectivity index (χ1v) is 7.41. The van der Waals surface area contributed by atoms with E-state index in [4.69, 9.17) is 4.42 Å². The molecule has 2 rings (SSSR count). The van der Waals surface area contributed by atoms with Gasteiger partial charge in [-0.15, -0.1) is 0 Å². The van der Waals surface area contributed by atoms with E-state index >= 15 is 0 Å². The highest BCUT2D eigenvalue weighted by Crippen LogP contribution is 2.16. The maximum Gasteiger partial charge on any atom is 0.275 e. The van der Waals surface area contributed by atoms with Crippen LogP contribution >= 0.6 is 0 Å². The first kappa shape index (κ1) is 14.7. The number of hydrogen-bond acceptors (Lipinski definition) is 7. The minimum atomic E-state index is -3.52. The van der Waals surface area contributed by atoms with Crippen molar-refractivity contribution in [3.8, 4) is 0 Å². The van der Waals surface area contributed by atoms with Gasteiger partial charge in [0.1, 0.15) is 5.76 Å². The predicted octanol–water partition coefficient (Wildman–Crippen LogP) is 0.245. The fourth-order valence-electron chi connectivity index (χ4n) is 1.49. The van der Waals surface area contributed by atoms with E-state index in [1.54, 1.807) is 6.07 Å². The summed E-state index contributed by atoms with van der Waals surface area (Å²) in [6.07, 6.45) is 1.90. The topological polar surface area (TPSA) is 101 Å². The molecule has 0 saturated heterocycles. The lowest BCUT2D eigenvalue weighted by atomic mass is 10.4. The van der Waals surface area contributed by atoms with Crippen molar-refractivity contribution in [1.82, 2.24) is 19.8 Å². The van der Waals surface area contributed by atoms with Crippen LogP contribution in [0.4, 0.5) is 0 Å². The van der Waals surface area contributed by atoms with Crippen LogP contribution in [0.5, 0.6) is 0 Å². The van der Waals surface area contributed by atoms with Gasteiger partial charge in [0, 0.05) is 27.1 Å². The van der Waals surface area contributed by atoms with Crippen molar-refractivity contribution in [2.24, 2.45) is 0 Å². The molecule has 20 heavy (non-hydrogen) atoms. The van der Waals surface area contributed by atoms with Crippen molar-refractivity contribution in [2.75, 3.05) is 20.6 Å². The lowest BCUT2D eigenvalue weighted by Crippen LogP contribution is -2.21. The lowest BCUT2D eigenvalue weighted by Gasteiger charge is -2.07. The first-order chi connectivity index (χ1) is 9.50. The summed E-state index contributed by atoms with van der Waals surface area (Å²) in [7, 11) is -0.598. The monoisotopic (exact) mass is 300 g/mol. The number of rotatable bonds is 7. The standard InChI is InChI=1S/C11H16N4O4S/c1-15(2)20(16,17)11-4-3-9(19-11)7-12-6-5-10-13-8-18-14-10/h3-4,8,12H,5-7H2,1-2H3. The van der Waals surface area contributed by atoms with Crippen LogP contribution < -0.4 is 5.32 Å². The Hall–Kier alpha value is -1.71. The van der Waals surface area contributed by atoms with E-state index in [2.05, 4.69) is 20.0 Å². The van der Waals surface area contributed by atoms with Gasteiger partial charge in [-0.2, -0.15) is 4.98 Å². The maximum atomic E-state index is 11.8. The minimum Gasteiger partial charge on any atom is -0.447 e. The fourth-order valence-corrected chi connectivity index (χ4v) is 2.30. The number of furan rings is 1. The molecule has 2 aromatic heterocycles. The quantitative estimate of drug-likeness (QED) is 0.731. The van der Waals surface area contributed by atoms with Gasteiger partial charge in [-0.25, -0.2) is 12.7 Å². The molecule has 0 bridgehead atoms. The smallest absolute Gasteiger partial charge is 0.275 e. The van der Waals surface area contributed by atoms with Gasteiger partial charge in [-0.3, -0.25) is 0 Å². The number of hydrogen-bond donors (Lipinski definition) is 1. The summed E-state index contributed by atoms with van der Waals surface area (Å²) >= 11 is 0. The molecule has 0 aliphatic rings. The van der Waals surface area contributed by atoms with Crippen LogP contribution in [0.25, 0.3) is 0 Å². The SMILES string of the molecule is CN(C)S(=O)(=O)c1ccc(CNCCc2ncon2)o1. The van der Waals surface area contributed by atoms with Crippen molar-refractivity contribution in [3.63, 3.8) is 0 Å². The molecule has 1 N–H and O–H groups in total. The number of nitrogens with zero attached hydrogens (tertiary/aromatic N) is 3. The highest BCUT2D eigenvalue weighted by atomic mass is 32.2. The lowest BCUT2D eigenvalue weighted by molar-refractivity contribution is 0.388. The molecule has 110 valence electrons. The van der Waals surface area contributed by atoms with Gasteiger partial charge in [0.2, 0.25) is 11.5 Å². The minimum absolute atomic E-state index is 0.0579. The molecule has 0 aromatic carbocycles. The molecular formula is C11H16N4O4S. The van der Waals surface area contributed by atoms with Crippen LogP contribution in [0.1, 0.15) is 11.6 Å². The van der Waals surface area contributed by atoms with E-state index < -0.39 is 10.0 Å². The highest BCUT2D eigenvalue weighted by Gasteiger charge is 2.21. The maximum absolute atomic E-state index is 11.8. The zero-order valence-electron chi connectivity index (χ0n) is 11.2. The van der Waals surface area contributed by atoms with Crippen LogP contribution in [-0.4, -0.2) is 43.5 Å². The molecule has 0 unspecified atom stereocenters. The number of aromatic nitrogens is 2. The molecule has 8 nitrogen and oxygen atoms in total. The number of sulfonamides is 1. The Morgan fingerprint density at radius 1 is 1.35 bits per heavy atom. The van der Waals surface area contributed by atoms with Crippen molar-refractivity contribution in [2.45, 2.75) is 18.1 Å². The third-order valence-corrected chi connectivity index (χ3v) is 4.29. The second-order valence-electron chi connectivity index (χ2n) is 4.28. The van der Waals surface area contributed by atoms with Crippen LogP contribution in [0.2, 0.25) is 0 Å². The number of nitrogens with one attached hydrogen (secondary N) is 1. The van der Waals surface area contributed by atoms with Gasteiger partial charge in [0.25, 0.3) is 10.0 Å². The Morgan fingerprint density at radius 3 is 2.80 bits per heavy atom. The van der Waals surface area contributed by atoms with Gasteiger partial charge in [0.05, 0.1) is 6.54 Å². The van der Waals surface area contributed by atoms with Gasteiger partial charge >= 0.3 is 0 Å². The Labute approximate surface area is 116 Å². The molecule has 9 heteroatoms. The fraction of sp³-hybridized carbons (Fsp3) is 0.455. The Kier molecular flexibility index (Phi) is 4.53. The van der Waals surface area contributed by atoms with Crippen LogP contribution in [0, 0.1) is 0 Å². The summed E-state index contributed by atoms with van der Waals surface area (Å²) in [6, 6.07) is 3.09. The third kappa shape index (κ3) is 3.44. The van der Waals surface area contributed by atoms with Crippen molar-refractivity contribution in [1.29, 1.82) is 0 Å². The van der Waals surface area contributed by atoms with Crippen molar-refractivity contribution in [3.05, 3.63) is 30.1 Å². The summed E-state index contributed by atoms with van der Waals surface area (Å²) in [4.78, 5) is 3.89. The summed E-state index contributed by atoms with van der Waals surface area (Å²) < 4.78 is 34.7. The average molecular weight is 300 g/mol. The van der Waals surface area contributed by atoms with E-state index in [0.717, 1.165) is 4.31 Å². The second-order valence-corrected chi connectivity index (χ2v) is 6.37. The highest BCUT2D eigenvalue weighted by molar-refractivity contribution is 7.88. The van der Waals surface area contributed by atoms with Crippen molar-refractivity contribution < 1.29 is 17.4 Å². The van der Waals surface area contributed by atoms with Crippen LogP contribution in [0.3, 0.4) is 0 Å². The molecular weight excluding hydrogens is 284 g/mol. The van der Waals surface area contributed by atoms with E-state index in [1.807, 2.05) is 0 Å². The Morgan fingerprint density at radius 2 is 2.15 bits per heavy atom. The van der Waals surface area contributed by atoms with Crippen LogP contribution in [0.15, 0.2) is 32.6 Å². The van der Waals surface area contributed by atoms with E-state index in [1.165, 1.54) is 26.6 Å². The van der Waals surface area contributed by atoms with E-state index in [9.17, 15) is 8.42 Å². The molecule has 0 fully saturated rings. The molecule has 2 heterocycles. The first-order valence-electron chi connectivity index (χ1n) is 5.97. The van der Waals surface area contributed by atoms with E-state index in [-0.39, 0.29) is 5.09 Å². The average Bonchev–Trinajstić information content (AvgIpc) is 3.06. The zero-order valence-corrected chi connectivity index (χ0v) is 12.1. The molecule has 0 aliphatic carbocycles. The van der Waals surface area contributed by atoms with Gasteiger partial charge in [0.15, 0.2) is 5.82 Å². The molecule has 0 atom stereocenters. The Balaban J connectivity index is 1.84. The van der Waals surface area contributed by atoms with Gasteiger partial charge < -0.3 is 14.3 Å². The van der Waals surface area contributed by atoms with Gasteiger partial charge in [-0.05, 0) is 12.1 Å². The molecule has 0 amide bonds. The predicted molar refractivity (Wildman–Crippen MR) is 69.3 cm³/mol. The molecule has 0 aliphatic heterocycles. The third-order valence-electron chi connectivity index (χ3n) is 2.60. The Bertz CT molecular complexity index is 633. The molecule has 0 spiro atoms. The molecule has 2 aromatic rings. The van der Waals surface area contributed by atoms with Gasteiger partial charge in [-0.1, -0.05) is 5.16 Å². The normalized spacial score (nSPS) is 12.2. The van der Waals surface area contributed by atoms with Crippen molar-refractivity contribution >= 4 is 10.0 Å². The summed E-state index contributed by atoms with van der Waals surface area (Å²) in [5, 5.41) is 6.73. The van der Waals surface area contributed by atoms with Crippen LogP contribution in [-0.2, 0) is 23.0 Å². The zero-order chi connectivity index (χ0) is 14.6. The summed E-state index contributed by atoms with van der Waals surface area (Å²) in [5.74, 6) is 1.17. The largest absolute Gasteiger partial charge is 0.447 e. The molecule has 0 radical (unpaired) electrons. The summed E-state index contributed by atoms with van der Waals surface area (Å²) in [5.41, 5.74) is 0. The van der Waals surface area contributed by atoms with E-state index in [0.29, 0.717) is 31.1 Å². The summed E-state index contributed by atoms with van der Waals surface area (Å²) in [6.45, 7) is 1.07.